The number of halogens is 1. The van der Waals surface area contributed by atoms with Gasteiger partial charge in [0.15, 0.2) is 0 Å². The van der Waals surface area contributed by atoms with E-state index in [0.29, 0.717) is 16.3 Å². The number of nitrogens with zero attached hydrogens (tertiary/aromatic N) is 1. The molecule has 2 aromatic carbocycles. The Morgan fingerprint density at radius 2 is 1.88 bits per heavy atom. The van der Waals surface area contributed by atoms with Crippen molar-refractivity contribution in [3.05, 3.63) is 70.3 Å². The van der Waals surface area contributed by atoms with Gasteiger partial charge in [-0.05, 0) is 32.1 Å². The molecule has 0 aliphatic heterocycles. The van der Waals surface area contributed by atoms with Crippen LogP contribution in [0, 0.1) is 11.3 Å². The minimum atomic E-state index is -0.654. The second-order valence-electron chi connectivity index (χ2n) is 5.54. The van der Waals surface area contributed by atoms with Crippen LogP contribution in [0.1, 0.15) is 25.0 Å². The van der Waals surface area contributed by atoms with Crippen LogP contribution in [0.3, 0.4) is 0 Å². The second kappa shape index (κ2) is 8.91. The molecule has 0 saturated heterocycles. The highest BCUT2D eigenvalue weighted by Gasteiger charge is 2.14. The summed E-state index contributed by atoms with van der Waals surface area (Å²) >= 11 is 6.13. The molecule has 4 nitrogen and oxygen atoms in total. The van der Waals surface area contributed by atoms with Crippen LogP contribution < -0.4 is 4.74 Å². The molecule has 0 heterocycles. The molecule has 0 aliphatic rings. The van der Waals surface area contributed by atoms with E-state index in [1.54, 1.807) is 38.1 Å². The average Bonchev–Trinajstić information content (AvgIpc) is 2.59. The van der Waals surface area contributed by atoms with Crippen LogP contribution in [0.25, 0.3) is 6.08 Å². The Bertz CT molecular complexity index is 822. The highest BCUT2D eigenvalue weighted by molar-refractivity contribution is 6.31. The van der Waals surface area contributed by atoms with Crippen LogP contribution in [0.2, 0.25) is 5.02 Å². The van der Waals surface area contributed by atoms with Gasteiger partial charge in [-0.15, -0.1) is 0 Å². The Balaban J connectivity index is 2.22. The van der Waals surface area contributed by atoms with E-state index in [2.05, 4.69) is 0 Å². The van der Waals surface area contributed by atoms with E-state index in [1.165, 1.54) is 6.08 Å². The van der Waals surface area contributed by atoms with E-state index in [0.717, 1.165) is 5.56 Å². The van der Waals surface area contributed by atoms with E-state index in [-0.39, 0.29) is 18.3 Å². The Kier molecular flexibility index (Phi) is 6.62. The molecule has 0 aromatic heterocycles. The van der Waals surface area contributed by atoms with Gasteiger partial charge in [-0.1, -0.05) is 48.0 Å². The molecular formula is C20H18ClNO3. The number of ether oxygens (including phenoxy) is 2. The smallest absolute Gasteiger partial charge is 0.349 e. The van der Waals surface area contributed by atoms with Gasteiger partial charge in [0.25, 0.3) is 0 Å². The van der Waals surface area contributed by atoms with Crippen molar-refractivity contribution in [2.45, 2.75) is 26.6 Å². The van der Waals surface area contributed by atoms with Gasteiger partial charge in [0, 0.05) is 16.1 Å². The SMILES string of the molecule is CC(C)OC(=O)C(C#N)=Cc1ccccc1OCc1ccccc1Cl. The number of rotatable bonds is 6. The van der Waals surface area contributed by atoms with Crippen LogP contribution in [0.15, 0.2) is 54.1 Å². The molecule has 0 amide bonds. The van der Waals surface area contributed by atoms with Gasteiger partial charge in [0.05, 0.1) is 6.10 Å². The topological polar surface area (TPSA) is 59.3 Å². The maximum atomic E-state index is 12.0. The summed E-state index contributed by atoms with van der Waals surface area (Å²) in [5.41, 5.74) is 1.39. The van der Waals surface area contributed by atoms with Gasteiger partial charge in [-0.3, -0.25) is 0 Å². The summed E-state index contributed by atoms with van der Waals surface area (Å²) in [5, 5.41) is 9.85. The van der Waals surface area contributed by atoms with E-state index < -0.39 is 5.97 Å². The molecule has 0 saturated carbocycles. The van der Waals surface area contributed by atoms with Crippen molar-refractivity contribution >= 4 is 23.6 Å². The van der Waals surface area contributed by atoms with Crippen LogP contribution >= 0.6 is 11.6 Å². The van der Waals surface area contributed by atoms with Crippen LogP contribution in [0.5, 0.6) is 5.75 Å². The molecular weight excluding hydrogens is 338 g/mol. The fraction of sp³-hybridized carbons (Fsp3) is 0.200. The Hall–Kier alpha value is -2.77. The van der Waals surface area contributed by atoms with Crippen LogP contribution in [-0.4, -0.2) is 12.1 Å². The molecule has 0 atom stereocenters. The average molecular weight is 356 g/mol. The van der Waals surface area contributed by atoms with Crippen molar-refractivity contribution in [3.8, 4) is 11.8 Å². The third kappa shape index (κ3) is 5.37. The standard InChI is InChI=1S/C20H18ClNO3/c1-14(2)25-20(23)17(12-22)11-15-7-4-6-10-19(15)24-13-16-8-3-5-9-18(16)21/h3-11,14H,13H2,1-2H3. The van der Waals surface area contributed by atoms with Crippen molar-refractivity contribution in [2.24, 2.45) is 0 Å². The maximum Gasteiger partial charge on any atom is 0.349 e. The Labute approximate surface area is 152 Å². The summed E-state index contributed by atoms with van der Waals surface area (Å²) < 4.78 is 10.9. The van der Waals surface area contributed by atoms with Gasteiger partial charge in [-0.2, -0.15) is 5.26 Å². The Morgan fingerprint density at radius 3 is 2.56 bits per heavy atom. The number of carbonyl (C=O) groups excluding carboxylic acids is 1. The number of nitriles is 1. The van der Waals surface area contributed by atoms with Gasteiger partial charge in [0.2, 0.25) is 0 Å². The fourth-order valence-corrected chi connectivity index (χ4v) is 2.26. The monoisotopic (exact) mass is 355 g/mol. The first-order valence-electron chi connectivity index (χ1n) is 7.79. The summed E-state index contributed by atoms with van der Waals surface area (Å²) in [4.78, 5) is 12.0. The molecule has 0 aliphatic carbocycles. The first kappa shape index (κ1) is 18.6. The van der Waals surface area contributed by atoms with E-state index in [9.17, 15) is 10.1 Å². The third-order valence-electron chi connectivity index (χ3n) is 3.24. The zero-order valence-electron chi connectivity index (χ0n) is 14.0. The largest absolute Gasteiger partial charge is 0.488 e. The van der Waals surface area contributed by atoms with E-state index in [1.807, 2.05) is 30.3 Å². The molecule has 128 valence electrons. The quantitative estimate of drug-likeness (QED) is 0.425. The summed E-state index contributed by atoms with van der Waals surface area (Å²) in [6, 6.07) is 16.4. The molecule has 0 unspecified atom stereocenters. The lowest BCUT2D eigenvalue weighted by Gasteiger charge is -2.11. The number of para-hydroxylation sites is 1. The molecule has 2 aromatic rings. The van der Waals surface area contributed by atoms with Crippen molar-refractivity contribution in [3.63, 3.8) is 0 Å². The number of hydrogen-bond acceptors (Lipinski definition) is 4. The molecule has 0 radical (unpaired) electrons. The zero-order chi connectivity index (χ0) is 18.2. The van der Waals surface area contributed by atoms with Gasteiger partial charge in [-0.25, -0.2) is 4.79 Å². The highest BCUT2D eigenvalue weighted by atomic mass is 35.5. The molecule has 25 heavy (non-hydrogen) atoms. The third-order valence-corrected chi connectivity index (χ3v) is 3.61. The second-order valence-corrected chi connectivity index (χ2v) is 5.95. The van der Waals surface area contributed by atoms with Crippen LogP contribution in [-0.2, 0) is 16.1 Å². The van der Waals surface area contributed by atoms with Gasteiger partial charge >= 0.3 is 5.97 Å². The normalized spacial score (nSPS) is 11.1. The highest BCUT2D eigenvalue weighted by Crippen LogP contribution is 2.24. The fourth-order valence-electron chi connectivity index (χ4n) is 2.07. The number of esters is 1. The number of hydrogen-bond donors (Lipinski definition) is 0. The molecule has 0 bridgehead atoms. The Morgan fingerprint density at radius 1 is 1.20 bits per heavy atom. The van der Waals surface area contributed by atoms with Crippen molar-refractivity contribution < 1.29 is 14.3 Å². The summed E-state index contributed by atoms with van der Waals surface area (Å²) in [6.45, 7) is 3.74. The van der Waals surface area contributed by atoms with Crippen molar-refractivity contribution in [1.82, 2.24) is 0 Å². The lowest BCUT2D eigenvalue weighted by molar-refractivity contribution is -0.142. The first-order chi connectivity index (χ1) is 12.0. The van der Waals surface area contributed by atoms with E-state index >= 15 is 0 Å². The first-order valence-corrected chi connectivity index (χ1v) is 8.17. The molecule has 2 rings (SSSR count). The van der Waals surface area contributed by atoms with Gasteiger partial charge in [0.1, 0.15) is 24.0 Å². The summed E-state index contributed by atoms with van der Waals surface area (Å²) in [5.74, 6) is -0.106. The minimum absolute atomic E-state index is 0.0810. The lowest BCUT2D eigenvalue weighted by atomic mass is 10.1. The minimum Gasteiger partial charge on any atom is -0.488 e. The lowest BCUT2D eigenvalue weighted by Crippen LogP contribution is -2.12. The van der Waals surface area contributed by atoms with Gasteiger partial charge < -0.3 is 9.47 Å². The maximum absolute atomic E-state index is 12.0. The predicted molar refractivity (Wildman–Crippen MR) is 97.0 cm³/mol. The predicted octanol–water partition coefficient (Wildman–Crippen LogP) is 4.78. The molecule has 0 fully saturated rings. The molecule has 0 N–H and O–H groups in total. The summed E-state index contributed by atoms with van der Waals surface area (Å²) in [6.07, 6.45) is 1.17. The summed E-state index contributed by atoms with van der Waals surface area (Å²) in [7, 11) is 0. The molecule has 0 spiro atoms. The van der Waals surface area contributed by atoms with Crippen molar-refractivity contribution in [1.29, 1.82) is 5.26 Å². The van der Waals surface area contributed by atoms with Crippen molar-refractivity contribution in [2.75, 3.05) is 0 Å². The number of benzene rings is 2. The molecule has 5 heteroatoms. The van der Waals surface area contributed by atoms with Crippen LogP contribution in [0.4, 0.5) is 0 Å². The zero-order valence-corrected chi connectivity index (χ0v) is 14.8. The van der Waals surface area contributed by atoms with E-state index in [4.69, 9.17) is 21.1 Å². The number of carbonyl (C=O) groups is 1.